The van der Waals surface area contributed by atoms with Gasteiger partial charge in [0.2, 0.25) is 0 Å². The largest absolute Gasteiger partial charge is 0.0683 e. The van der Waals surface area contributed by atoms with Gasteiger partial charge in [0.15, 0.2) is 0 Å². The van der Waals surface area contributed by atoms with Crippen molar-refractivity contribution >= 4 is 0 Å². The quantitative estimate of drug-likeness (QED) is 0.531. The summed E-state index contributed by atoms with van der Waals surface area (Å²) in [4.78, 5) is 0. The molecular weight excluding hydrogens is 180 g/mol. The summed E-state index contributed by atoms with van der Waals surface area (Å²) in [6, 6.07) is 10.3. The highest BCUT2D eigenvalue weighted by molar-refractivity contribution is 5.11. The first kappa shape index (κ1) is 16.6. The van der Waals surface area contributed by atoms with Gasteiger partial charge in [-0.3, -0.25) is 0 Å². The zero-order valence-corrected chi connectivity index (χ0v) is 11.6. The molecule has 0 nitrogen and oxygen atoms in total. The zero-order valence-electron chi connectivity index (χ0n) is 11.6. The van der Waals surface area contributed by atoms with E-state index in [1.54, 1.807) is 0 Å². The molecule has 0 N–H and O–H groups in total. The smallest absolute Gasteiger partial charge is 0.0385 e. The van der Waals surface area contributed by atoms with E-state index < -0.39 is 0 Å². The monoisotopic (exact) mass is 208 g/mol. The zero-order chi connectivity index (χ0) is 12.3. The molecule has 0 bridgehead atoms. The Bertz CT molecular complexity index is 203. The summed E-state index contributed by atoms with van der Waals surface area (Å²) in [6.07, 6.45) is 1.27. The molecule has 1 aromatic rings. The van der Waals surface area contributed by atoms with E-state index in [4.69, 9.17) is 0 Å². The first-order chi connectivity index (χ1) is 6.95. The van der Waals surface area contributed by atoms with E-state index in [2.05, 4.69) is 46.8 Å². The van der Waals surface area contributed by atoms with Crippen LogP contribution in [0.2, 0.25) is 0 Å². The normalized spacial score (nSPS) is 9.27. The Morgan fingerprint density at radius 1 is 0.933 bits per heavy atom. The predicted molar refractivity (Wildman–Crippen MR) is 72.3 cm³/mol. The highest BCUT2D eigenvalue weighted by Crippen LogP contribution is 2.16. The van der Waals surface area contributed by atoms with Gasteiger partial charge in [0.25, 0.3) is 0 Å². The van der Waals surface area contributed by atoms with Gasteiger partial charge >= 0.3 is 0 Å². The van der Waals surface area contributed by atoms with Gasteiger partial charge in [0, 0.05) is 0 Å². The van der Waals surface area contributed by atoms with Crippen LogP contribution in [0.5, 0.6) is 0 Å². The minimum absolute atomic E-state index is 0.542. The van der Waals surface area contributed by atoms with Crippen molar-refractivity contribution < 1.29 is 0 Å². The van der Waals surface area contributed by atoms with Crippen molar-refractivity contribution in [1.82, 2.24) is 0 Å². The minimum Gasteiger partial charge on any atom is -0.0683 e. The van der Waals surface area contributed by atoms with E-state index in [-0.39, 0.29) is 0 Å². The first-order valence-electron chi connectivity index (χ1n) is 5.97. The molecule has 0 aliphatic carbocycles. The molecule has 1 aromatic carbocycles. The Balaban J connectivity index is 0. The number of aryl methyl sites for hydroxylation is 1. The lowest BCUT2D eigenvalue weighted by atomic mass is 9.94. The SMILES string of the molecule is CC.CCC(C)(C)C.Cc1ccccc1. The highest BCUT2D eigenvalue weighted by atomic mass is 14.1. The van der Waals surface area contributed by atoms with E-state index in [9.17, 15) is 0 Å². The third kappa shape index (κ3) is 15.9. The van der Waals surface area contributed by atoms with Crippen LogP contribution in [0.15, 0.2) is 30.3 Å². The summed E-state index contributed by atoms with van der Waals surface area (Å²) in [5.41, 5.74) is 1.86. The van der Waals surface area contributed by atoms with Crippen molar-refractivity contribution in [2.45, 2.75) is 54.9 Å². The first-order valence-corrected chi connectivity index (χ1v) is 5.97. The second-order valence-corrected chi connectivity index (χ2v) is 4.57. The van der Waals surface area contributed by atoms with Gasteiger partial charge in [-0.15, -0.1) is 0 Å². The Kier molecular flexibility index (Phi) is 10.8. The van der Waals surface area contributed by atoms with E-state index in [1.165, 1.54) is 12.0 Å². The average molecular weight is 208 g/mol. The molecule has 0 heterocycles. The maximum atomic E-state index is 2.24. The fourth-order valence-electron chi connectivity index (χ4n) is 0.534. The topological polar surface area (TPSA) is 0 Å². The van der Waals surface area contributed by atoms with Gasteiger partial charge in [0.1, 0.15) is 0 Å². The molecule has 0 aliphatic rings. The maximum absolute atomic E-state index is 2.24. The molecule has 1 rings (SSSR count). The second-order valence-electron chi connectivity index (χ2n) is 4.57. The Morgan fingerprint density at radius 2 is 1.27 bits per heavy atom. The van der Waals surface area contributed by atoms with Gasteiger partial charge in [-0.1, -0.05) is 83.9 Å². The third-order valence-corrected chi connectivity index (χ3v) is 2.00. The van der Waals surface area contributed by atoms with Crippen molar-refractivity contribution in [1.29, 1.82) is 0 Å². The Morgan fingerprint density at radius 3 is 1.40 bits per heavy atom. The van der Waals surface area contributed by atoms with Crippen molar-refractivity contribution in [3.05, 3.63) is 35.9 Å². The van der Waals surface area contributed by atoms with Crippen LogP contribution in [-0.4, -0.2) is 0 Å². The number of hydrogen-bond donors (Lipinski definition) is 0. The minimum atomic E-state index is 0.542. The van der Waals surface area contributed by atoms with Gasteiger partial charge in [-0.25, -0.2) is 0 Å². The van der Waals surface area contributed by atoms with Crippen LogP contribution in [0.1, 0.15) is 53.5 Å². The third-order valence-electron chi connectivity index (χ3n) is 2.00. The Labute approximate surface area is 96.7 Å². The van der Waals surface area contributed by atoms with Crippen LogP contribution in [-0.2, 0) is 0 Å². The second kappa shape index (κ2) is 9.76. The predicted octanol–water partition coefficient (Wildman–Crippen LogP) is 5.46. The summed E-state index contributed by atoms with van der Waals surface area (Å²) >= 11 is 0. The van der Waals surface area contributed by atoms with Crippen LogP contribution in [0.4, 0.5) is 0 Å². The van der Waals surface area contributed by atoms with Crippen LogP contribution >= 0.6 is 0 Å². The van der Waals surface area contributed by atoms with Crippen LogP contribution in [0, 0.1) is 12.3 Å². The lowest BCUT2D eigenvalue weighted by molar-refractivity contribution is 0.398. The maximum Gasteiger partial charge on any atom is -0.0385 e. The lowest BCUT2D eigenvalue weighted by Crippen LogP contribution is -2.00. The standard InChI is InChI=1S/C7H8.C6H14.C2H6/c1-7-5-3-2-4-6-7;1-5-6(2,3)4;1-2/h2-6H,1H3;5H2,1-4H3;1-2H3. The van der Waals surface area contributed by atoms with Crippen molar-refractivity contribution in [2.75, 3.05) is 0 Å². The fourth-order valence-corrected chi connectivity index (χ4v) is 0.534. The average Bonchev–Trinajstić information content (AvgIpc) is 2.22. The molecule has 88 valence electrons. The molecule has 0 atom stereocenters. The van der Waals surface area contributed by atoms with Crippen LogP contribution < -0.4 is 0 Å². The molecule has 0 aromatic heterocycles. The molecule has 0 fully saturated rings. The lowest BCUT2D eigenvalue weighted by Gasteiger charge is -2.12. The highest BCUT2D eigenvalue weighted by Gasteiger charge is 2.03. The molecule has 0 unspecified atom stereocenters. The molecule has 0 radical (unpaired) electrons. The molecule has 0 saturated heterocycles. The number of benzene rings is 1. The summed E-state index contributed by atoms with van der Waals surface area (Å²) in [7, 11) is 0. The molecule has 0 aliphatic heterocycles. The number of hydrogen-bond acceptors (Lipinski definition) is 0. The summed E-state index contributed by atoms with van der Waals surface area (Å²) in [5, 5.41) is 0. The fraction of sp³-hybridized carbons (Fsp3) is 0.600. The molecular formula is C15H28. The molecule has 0 amide bonds. The van der Waals surface area contributed by atoms with Gasteiger partial charge in [-0.2, -0.15) is 0 Å². The summed E-state index contributed by atoms with van der Waals surface area (Å²) in [6.45, 7) is 15.0. The molecule has 0 heteroatoms. The molecule has 0 spiro atoms. The van der Waals surface area contributed by atoms with Gasteiger partial charge < -0.3 is 0 Å². The van der Waals surface area contributed by atoms with Crippen LogP contribution in [0.3, 0.4) is 0 Å². The van der Waals surface area contributed by atoms with E-state index in [0.29, 0.717) is 5.41 Å². The summed E-state index contributed by atoms with van der Waals surface area (Å²) in [5.74, 6) is 0. The number of rotatable bonds is 0. The molecule has 15 heavy (non-hydrogen) atoms. The molecule has 0 saturated carbocycles. The van der Waals surface area contributed by atoms with E-state index in [1.807, 2.05) is 32.0 Å². The van der Waals surface area contributed by atoms with Crippen molar-refractivity contribution in [3.63, 3.8) is 0 Å². The summed E-state index contributed by atoms with van der Waals surface area (Å²) < 4.78 is 0. The van der Waals surface area contributed by atoms with Gasteiger partial charge in [0.05, 0.1) is 0 Å². The van der Waals surface area contributed by atoms with E-state index in [0.717, 1.165) is 0 Å². The van der Waals surface area contributed by atoms with E-state index >= 15 is 0 Å². The Hall–Kier alpha value is -0.780. The van der Waals surface area contributed by atoms with Crippen LogP contribution in [0.25, 0.3) is 0 Å². The van der Waals surface area contributed by atoms with Crippen molar-refractivity contribution in [3.8, 4) is 0 Å². The van der Waals surface area contributed by atoms with Crippen molar-refractivity contribution in [2.24, 2.45) is 5.41 Å². The van der Waals surface area contributed by atoms with Gasteiger partial charge in [-0.05, 0) is 12.3 Å².